The van der Waals surface area contributed by atoms with E-state index in [0.717, 1.165) is 49.1 Å². The van der Waals surface area contributed by atoms with Crippen LogP contribution in [0.3, 0.4) is 0 Å². The lowest BCUT2D eigenvalue weighted by Crippen LogP contribution is -2.36. The van der Waals surface area contributed by atoms with E-state index in [-0.39, 0.29) is 0 Å². The Bertz CT molecular complexity index is 1260. The molecule has 10 heteroatoms. The molecular weight excluding hydrogens is 398 g/mol. The van der Waals surface area contributed by atoms with Gasteiger partial charge in [-0.15, -0.1) is 0 Å². The number of nitrogens with one attached hydrogen (secondary N) is 3. The summed E-state index contributed by atoms with van der Waals surface area (Å²) >= 11 is 0. The van der Waals surface area contributed by atoms with Crippen LogP contribution < -0.4 is 21.3 Å². The third-order valence-electron chi connectivity index (χ3n) is 4.99. The standard InChI is InChI=1S/C21H21N7O3/c1-13-11-23-20(25-15-3-5-18(22-12-15)28-6-8-30-9-7-28)27-19(13)24-14-2-4-17-16(10-14)26-21(29)31-17/h2-5,10-12H,6-9H2,1H3,(H,26,29)(H2,23,24,25,27). The molecule has 0 bridgehead atoms. The van der Waals surface area contributed by atoms with Gasteiger partial charge in [-0.25, -0.2) is 14.8 Å². The Morgan fingerprint density at radius 1 is 1.03 bits per heavy atom. The van der Waals surface area contributed by atoms with Crippen LogP contribution in [0.2, 0.25) is 0 Å². The van der Waals surface area contributed by atoms with Crippen LogP contribution in [0.4, 0.5) is 29.0 Å². The molecule has 3 aromatic heterocycles. The monoisotopic (exact) mass is 419 g/mol. The van der Waals surface area contributed by atoms with E-state index in [2.05, 4.69) is 35.5 Å². The van der Waals surface area contributed by atoms with Crippen molar-refractivity contribution in [1.29, 1.82) is 0 Å². The van der Waals surface area contributed by atoms with Crippen molar-refractivity contribution >= 4 is 40.1 Å². The van der Waals surface area contributed by atoms with Crippen LogP contribution >= 0.6 is 0 Å². The van der Waals surface area contributed by atoms with Gasteiger partial charge in [0.25, 0.3) is 0 Å². The number of fused-ring (bicyclic) bond motifs is 1. The average molecular weight is 419 g/mol. The minimum absolute atomic E-state index is 0.451. The summed E-state index contributed by atoms with van der Waals surface area (Å²) in [6.07, 6.45) is 3.51. The maximum Gasteiger partial charge on any atom is 0.417 e. The van der Waals surface area contributed by atoms with E-state index in [4.69, 9.17) is 9.15 Å². The van der Waals surface area contributed by atoms with Gasteiger partial charge in [-0.1, -0.05) is 0 Å². The first-order valence-electron chi connectivity index (χ1n) is 9.93. The molecule has 0 aliphatic carbocycles. The number of anilines is 5. The number of aromatic amines is 1. The minimum atomic E-state index is -0.481. The summed E-state index contributed by atoms with van der Waals surface area (Å²) in [6.45, 7) is 5.04. The lowest BCUT2D eigenvalue weighted by atomic mass is 10.2. The number of ether oxygens (including phenoxy) is 1. The highest BCUT2D eigenvalue weighted by atomic mass is 16.5. The number of morpholine rings is 1. The van der Waals surface area contributed by atoms with E-state index in [1.165, 1.54) is 0 Å². The Morgan fingerprint density at radius 2 is 1.87 bits per heavy atom. The third-order valence-corrected chi connectivity index (χ3v) is 4.99. The highest BCUT2D eigenvalue weighted by Crippen LogP contribution is 2.23. The fourth-order valence-electron chi connectivity index (χ4n) is 3.36. The number of nitrogens with zero attached hydrogens (tertiary/aromatic N) is 4. The minimum Gasteiger partial charge on any atom is -0.408 e. The highest BCUT2D eigenvalue weighted by Gasteiger charge is 2.12. The quantitative estimate of drug-likeness (QED) is 0.448. The molecule has 1 aliphatic rings. The molecule has 1 aromatic carbocycles. The number of H-pyrrole nitrogens is 1. The predicted molar refractivity (Wildman–Crippen MR) is 117 cm³/mol. The Labute approximate surface area is 177 Å². The van der Waals surface area contributed by atoms with Gasteiger partial charge in [0.2, 0.25) is 5.95 Å². The molecule has 4 heterocycles. The molecule has 158 valence electrons. The van der Waals surface area contributed by atoms with E-state index in [0.29, 0.717) is 22.9 Å². The summed E-state index contributed by atoms with van der Waals surface area (Å²) in [4.78, 5) is 29.7. The Morgan fingerprint density at radius 3 is 2.68 bits per heavy atom. The van der Waals surface area contributed by atoms with E-state index in [9.17, 15) is 4.79 Å². The number of hydrogen-bond donors (Lipinski definition) is 3. The average Bonchev–Trinajstić information content (AvgIpc) is 3.16. The van der Waals surface area contributed by atoms with Gasteiger partial charge in [-0.05, 0) is 37.3 Å². The van der Waals surface area contributed by atoms with Crippen LogP contribution in [0.25, 0.3) is 11.1 Å². The topological polar surface area (TPSA) is 121 Å². The number of rotatable bonds is 5. The van der Waals surface area contributed by atoms with E-state index >= 15 is 0 Å². The van der Waals surface area contributed by atoms with Crippen molar-refractivity contribution in [3.63, 3.8) is 0 Å². The number of aromatic nitrogens is 4. The van der Waals surface area contributed by atoms with Gasteiger partial charge in [-0.2, -0.15) is 4.98 Å². The highest BCUT2D eigenvalue weighted by molar-refractivity contribution is 5.78. The Balaban J connectivity index is 1.32. The molecule has 0 unspecified atom stereocenters. The first kappa shape index (κ1) is 19.1. The lowest BCUT2D eigenvalue weighted by molar-refractivity contribution is 0.122. The SMILES string of the molecule is Cc1cnc(Nc2ccc(N3CCOCC3)nc2)nc1Nc1ccc2oc(=O)[nH]c2c1. The first-order valence-corrected chi connectivity index (χ1v) is 9.93. The predicted octanol–water partition coefficient (Wildman–Crippen LogP) is 2.94. The Kier molecular flexibility index (Phi) is 4.97. The van der Waals surface area contributed by atoms with Crippen LogP contribution in [-0.2, 0) is 4.74 Å². The number of aryl methyl sites for hydroxylation is 1. The van der Waals surface area contributed by atoms with Crippen molar-refractivity contribution in [1.82, 2.24) is 19.9 Å². The van der Waals surface area contributed by atoms with Gasteiger partial charge in [-0.3, -0.25) is 4.98 Å². The molecule has 31 heavy (non-hydrogen) atoms. The fraction of sp³-hybridized carbons (Fsp3) is 0.238. The number of benzene rings is 1. The lowest BCUT2D eigenvalue weighted by Gasteiger charge is -2.27. The van der Waals surface area contributed by atoms with Gasteiger partial charge in [0.05, 0.1) is 30.6 Å². The number of hydrogen-bond acceptors (Lipinski definition) is 9. The maximum absolute atomic E-state index is 11.4. The summed E-state index contributed by atoms with van der Waals surface area (Å²) in [6, 6.07) is 9.28. The zero-order valence-electron chi connectivity index (χ0n) is 16.9. The van der Waals surface area contributed by atoms with Crippen molar-refractivity contribution in [2.75, 3.05) is 41.8 Å². The first-order chi connectivity index (χ1) is 15.1. The van der Waals surface area contributed by atoms with E-state index in [1.807, 2.05) is 25.1 Å². The van der Waals surface area contributed by atoms with Gasteiger partial charge in [0.15, 0.2) is 5.58 Å². The smallest absolute Gasteiger partial charge is 0.408 e. The summed E-state index contributed by atoms with van der Waals surface area (Å²) in [5.41, 5.74) is 3.57. The number of pyridine rings is 1. The van der Waals surface area contributed by atoms with Gasteiger partial charge < -0.3 is 24.7 Å². The molecule has 0 radical (unpaired) electrons. The third kappa shape index (κ3) is 4.19. The van der Waals surface area contributed by atoms with Crippen LogP contribution in [0, 0.1) is 6.92 Å². The summed E-state index contributed by atoms with van der Waals surface area (Å²) in [5, 5.41) is 6.45. The van der Waals surface area contributed by atoms with E-state index < -0.39 is 5.76 Å². The van der Waals surface area contributed by atoms with Crippen LogP contribution in [-0.4, -0.2) is 46.2 Å². The molecule has 1 fully saturated rings. The van der Waals surface area contributed by atoms with Crippen LogP contribution in [0.1, 0.15) is 5.56 Å². The molecule has 5 rings (SSSR count). The zero-order valence-corrected chi connectivity index (χ0v) is 16.9. The van der Waals surface area contributed by atoms with Crippen molar-refractivity contribution in [2.24, 2.45) is 0 Å². The second kappa shape index (κ2) is 8.07. The van der Waals surface area contributed by atoms with Gasteiger partial charge in [0, 0.05) is 30.5 Å². The molecule has 0 saturated carbocycles. The molecule has 0 amide bonds. The van der Waals surface area contributed by atoms with E-state index in [1.54, 1.807) is 24.5 Å². The second-order valence-electron chi connectivity index (χ2n) is 7.21. The molecule has 0 spiro atoms. The van der Waals surface area contributed by atoms with Crippen LogP contribution in [0.15, 0.2) is 51.9 Å². The summed E-state index contributed by atoms with van der Waals surface area (Å²) in [7, 11) is 0. The largest absolute Gasteiger partial charge is 0.417 e. The normalized spacial score (nSPS) is 14.0. The molecule has 4 aromatic rings. The van der Waals surface area contributed by atoms with Crippen molar-refractivity contribution < 1.29 is 9.15 Å². The molecular formula is C21H21N7O3. The number of oxazole rings is 1. The van der Waals surface area contributed by atoms with Gasteiger partial charge >= 0.3 is 5.76 Å². The van der Waals surface area contributed by atoms with Crippen LogP contribution in [0.5, 0.6) is 0 Å². The van der Waals surface area contributed by atoms with Crippen molar-refractivity contribution in [2.45, 2.75) is 6.92 Å². The second-order valence-corrected chi connectivity index (χ2v) is 7.21. The Hall–Kier alpha value is -3.92. The molecule has 10 nitrogen and oxygen atoms in total. The van der Waals surface area contributed by atoms with Crippen molar-refractivity contribution in [3.05, 3.63) is 58.8 Å². The molecule has 1 saturated heterocycles. The van der Waals surface area contributed by atoms with Crippen molar-refractivity contribution in [3.8, 4) is 0 Å². The summed E-state index contributed by atoms with van der Waals surface area (Å²) in [5.74, 6) is 1.55. The van der Waals surface area contributed by atoms with Gasteiger partial charge in [0.1, 0.15) is 11.6 Å². The zero-order chi connectivity index (χ0) is 21.2. The molecule has 1 aliphatic heterocycles. The summed E-state index contributed by atoms with van der Waals surface area (Å²) < 4.78 is 10.4. The fourth-order valence-corrected chi connectivity index (χ4v) is 3.36. The maximum atomic E-state index is 11.4. The molecule has 0 atom stereocenters. The molecule has 3 N–H and O–H groups in total.